The molecule has 148 valence electrons. The van der Waals surface area contributed by atoms with Gasteiger partial charge >= 0.3 is 11.9 Å². The van der Waals surface area contributed by atoms with Crippen molar-refractivity contribution in [3.63, 3.8) is 0 Å². The van der Waals surface area contributed by atoms with Crippen LogP contribution in [0, 0.1) is 10.1 Å². The van der Waals surface area contributed by atoms with Gasteiger partial charge in [-0.2, -0.15) is 0 Å². The van der Waals surface area contributed by atoms with E-state index in [1.54, 1.807) is 37.3 Å². The van der Waals surface area contributed by atoms with Crippen molar-refractivity contribution >= 4 is 29.6 Å². The second-order valence-electron chi connectivity index (χ2n) is 5.81. The minimum atomic E-state index is -0.677. The summed E-state index contributed by atoms with van der Waals surface area (Å²) >= 11 is 0. The first-order chi connectivity index (χ1) is 14.0. The maximum atomic E-state index is 12.1. The van der Waals surface area contributed by atoms with Gasteiger partial charge in [0.15, 0.2) is 12.3 Å². The number of benzene rings is 2. The first kappa shape index (κ1) is 19.7. The number of cyclic esters (lactones) is 1. The van der Waals surface area contributed by atoms with E-state index >= 15 is 0 Å². The first-order valence-corrected chi connectivity index (χ1v) is 8.62. The van der Waals surface area contributed by atoms with Crippen LogP contribution in [0.5, 0.6) is 5.75 Å². The molecule has 0 fully saturated rings. The molecular formula is C20H16N2O7. The molecule has 0 bridgehead atoms. The van der Waals surface area contributed by atoms with Crippen molar-refractivity contribution in [3.05, 3.63) is 75.5 Å². The summed E-state index contributed by atoms with van der Waals surface area (Å²) in [6, 6.07) is 12.4. The lowest BCUT2D eigenvalue weighted by Gasteiger charge is -2.06. The molecule has 0 amide bonds. The van der Waals surface area contributed by atoms with Gasteiger partial charge in [0.2, 0.25) is 5.90 Å². The second kappa shape index (κ2) is 8.79. The summed E-state index contributed by atoms with van der Waals surface area (Å²) < 4.78 is 15.3. The van der Waals surface area contributed by atoms with Crippen LogP contribution in [0.2, 0.25) is 0 Å². The molecular weight excluding hydrogens is 380 g/mol. The third-order valence-corrected chi connectivity index (χ3v) is 3.75. The van der Waals surface area contributed by atoms with Crippen molar-refractivity contribution in [1.82, 2.24) is 0 Å². The maximum absolute atomic E-state index is 12.1. The Balaban J connectivity index is 1.79. The van der Waals surface area contributed by atoms with E-state index in [2.05, 4.69) is 4.99 Å². The van der Waals surface area contributed by atoms with Gasteiger partial charge in [-0.1, -0.05) is 18.2 Å². The zero-order chi connectivity index (χ0) is 20.8. The van der Waals surface area contributed by atoms with Crippen LogP contribution in [0.4, 0.5) is 5.69 Å². The van der Waals surface area contributed by atoms with Gasteiger partial charge in [0.05, 0.1) is 11.5 Å². The van der Waals surface area contributed by atoms with Crippen LogP contribution in [-0.4, -0.2) is 36.0 Å². The average Bonchev–Trinajstić information content (AvgIpc) is 3.07. The lowest BCUT2D eigenvalue weighted by Crippen LogP contribution is -2.14. The molecule has 0 aliphatic carbocycles. The van der Waals surface area contributed by atoms with Crippen LogP contribution in [0.25, 0.3) is 6.08 Å². The SMILES string of the molecule is CCOC(=O)COc1cccc(/C=C2\N=C(c3cccc([N+](=O)[O-])c3)OC2=O)c1. The van der Waals surface area contributed by atoms with Crippen LogP contribution in [0.15, 0.2) is 59.2 Å². The molecule has 2 aromatic rings. The number of nitrogens with zero attached hydrogens (tertiary/aromatic N) is 2. The summed E-state index contributed by atoms with van der Waals surface area (Å²) in [5, 5.41) is 10.9. The topological polar surface area (TPSA) is 117 Å². The van der Waals surface area contributed by atoms with E-state index in [4.69, 9.17) is 14.2 Å². The molecule has 0 atom stereocenters. The molecule has 0 N–H and O–H groups in total. The highest BCUT2D eigenvalue weighted by molar-refractivity contribution is 6.13. The number of hydrogen-bond acceptors (Lipinski definition) is 8. The normalized spacial score (nSPS) is 14.3. The maximum Gasteiger partial charge on any atom is 0.363 e. The smallest absolute Gasteiger partial charge is 0.363 e. The Bertz CT molecular complexity index is 1030. The van der Waals surface area contributed by atoms with E-state index in [1.165, 1.54) is 24.3 Å². The van der Waals surface area contributed by atoms with Crippen LogP contribution in [0.1, 0.15) is 18.1 Å². The van der Waals surface area contributed by atoms with Crippen LogP contribution in [0.3, 0.4) is 0 Å². The molecule has 0 saturated carbocycles. The van der Waals surface area contributed by atoms with Crippen molar-refractivity contribution in [2.24, 2.45) is 4.99 Å². The number of esters is 2. The van der Waals surface area contributed by atoms with Crippen molar-refractivity contribution < 1.29 is 28.7 Å². The predicted molar refractivity (Wildman–Crippen MR) is 102 cm³/mol. The highest BCUT2D eigenvalue weighted by atomic mass is 16.6. The molecule has 0 unspecified atom stereocenters. The standard InChI is InChI=1S/C20H16N2O7/c1-2-27-18(23)12-28-16-8-3-5-13(9-16)10-17-20(24)29-19(21-17)14-6-4-7-15(11-14)22(25)26/h3-11H,2,12H2,1H3/b17-10-. The van der Waals surface area contributed by atoms with Gasteiger partial charge in [-0.3, -0.25) is 10.1 Å². The summed E-state index contributed by atoms with van der Waals surface area (Å²) in [5.74, 6) is -0.757. The Hall–Kier alpha value is -4.01. The lowest BCUT2D eigenvalue weighted by atomic mass is 10.2. The van der Waals surface area contributed by atoms with E-state index in [0.717, 1.165) is 0 Å². The number of rotatable bonds is 7. The summed E-state index contributed by atoms with van der Waals surface area (Å²) in [4.78, 5) is 38.0. The number of non-ortho nitro benzene ring substituents is 1. The molecule has 1 aliphatic rings. The highest BCUT2D eigenvalue weighted by Crippen LogP contribution is 2.23. The van der Waals surface area contributed by atoms with Crippen molar-refractivity contribution in [1.29, 1.82) is 0 Å². The molecule has 9 nitrogen and oxygen atoms in total. The van der Waals surface area contributed by atoms with E-state index < -0.39 is 16.9 Å². The number of nitro groups is 1. The minimum absolute atomic E-state index is 0.0142. The van der Waals surface area contributed by atoms with Gasteiger partial charge in [0, 0.05) is 17.7 Å². The number of carbonyl (C=O) groups excluding carboxylic acids is 2. The largest absolute Gasteiger partial charge is 0.482 e. The van der Waals surface area contributed by atoms with Crippen molar-refractivity contribution in [2.75, 3.05) is 13.2 Å². The molecule has 2 aromatic carbocycles. The number of aliphatic imine (C=N–C) groups is 1. The lowest BCUT2D eigenvalue weighted by molar-refractivity contribution is -0.384. The number of carbonyl (C=O) groups is 2. The van der Waals surface area contributed by atoms with Gasteiger partial charge < -0.3 is 14.2 Å². The summed E-state index contributed by atoms with van der Waals surface area (Å²) in [5.41, 5.74) is 0.823. The fraction of sp³-hybridized carbons (Fsp3) is 0.150. The fourth-order valence-corrected chi connectivity index (χ4v) is 2.48. The molecule has 1 heterocycles. The number of hydrogen-bond donors (Lipinski definition) is 0. The average molecular weight is 396 g/mol. The summed E-state index contributed by atoms with van der Waals surface area (Å²) in [6.45, 7) is 1.74. The minimum Gasteiger partial charge on any atom is -0.482 e. The molecule has 0 aromatic heterocycles. The third-order valence-electron chi connectivity index (χ3n) is 3.75. The van der Waals surface area contributed by atoms with Crippen LogP contribution in [-0.2, 0) is 19.1 Å². The van der Waals surface area contributed by atoms with E-state index in [0.29, 0.717) is 16.9 Å². The van der Waals surface area contributed by atoms with Crippen LogP contribution >= 0.6 is 0 Å². The highest BCUT2D eigenvalue weighted by Gasteiger charge is 2.25. The van der Waals surface area contributed by atoms with Crippen LogP contribution < -0.4 is 4.74 Å². The van der Waals surface area contributed by atoms with Gasteiger partial charge in [0.1, 0.15) is 5.75 Å². The Morgan fingerprint density at radius 1 is 1.24 bits per heavy atom. The quantitative estimate of drug-likeness (QED) is 0.306. The number of nitro benzene ring substituents is 1. The Morgan fingerprint density at radius 2 is 2.03 bits per heavy atom. The number of ether oxygens (including phenoxy) is 3. The molecule has 9 heteroatoms. The Morgan fingerprint density at radius 3 is 2.79 bits per heavy atom. The molecule has 29 heavy (non-hydrogen) atoms. The zero-order valence-corrected chi connectivity index (χ0v) is 15.4. The summed E-state index contributed by atoms with van der Waals surface area (Å²) in [7, 11) is 0. The zero-order valence-electron chi connectivity index (χ0n) is 15.4. The van der Waals surface area contributed by atoms with Crippen molar-refractivity contribution in [3.8, 4) is 5.75 Å². The predicted octanol–water partition coefficient (Wildman–Crippen LogP) is 2.88. The fourth-order valence-electron chi connectivity index (χ4n) is 2.48. The van der Waals surface area contributed by atoms with Crippen molar-refractivity contribution in [2.45, 2.75) is 6.92 Å². The Labute approximate surface area is 165 Å². The monoisotopic (exact) mass is 396 g/mol. The molecule has 0 saturated heterocycles. The summed E-state index contributed by atoms with van der Waals surface area (Å²) in [6.07, 6.45) is 1.49. The first-order valence-electron chi connectivity index (χ1n) is 8.62. The van der Waals surface area contributed by atoms with Gasteiger partial charge in [0.25, 0.3) is 5.69 Å². The van der Waals surface area contributed by atoms with E-state index in [1.807, 2.05) is 0 Å². The molecule has 0 spiro atoms. The van der Waals surface area contributed by atoms with Gasteiger partial charge in [-0.25, -0.2) is 14.6 Å². The van der Waals surface area contributed by atoms with E-state index in [9.17, 15) is 19.7 Å². The van der Waals surface area contributed by atoms with Gasteiger partial charge in [-0.05, 0) is 36.8 Å². The third kappa shape index (κ3) is 5.04. The molecule has 1 aliphatic heterocycles. The molecule has 0 radical (unpaired) electrons. The van der Waals surface area contributed by atoms with E-state index in [-0.39, 0.29) is 30.5 Å². The molecule has 3 rings (SSSR count). The second-order valence-corrected chi connectivity index (χ2v) is 5.81. The van der Waals surface area contributed by atoms with Gasteiger partial charge in [-0.15, -0.1) is 0 Å². The Kier molecular flexibility index (Phi) is 5.98.